The summed E-state index contributed by atoms with van der Waals surface area (Å²) >= 11 is 1.32. The van der Waals surface area contributed by atoms with E-state index in [9.17, 15) is 9.59 Å². The van der Waals surface area contributed by atoms with E-state index in [1.807, 2.05) is 61.7 Å². The van der Waals surface area contributed by atoms with Crippen molar-refractivity contribution in [1.29, 1.82) is 0 Å². The predicted octanol–water partition coefficient (Wildman–Crippen LogP) is 5.26. The van der Waals surface area contributed by atoms with E-state index in [2.05, 4.69) is 16.7 Å². The number of nitrogens with one attached hydrogen (secondary N) is 2. The standard InChI is InChI=1S/C23H24N2O3S/c1-4-28-23(27)21-18(17-8-6-5-7-9-17)14-29-22(21)25-20(26)13-24-19-11-10-15(2)12-16(19)3/h5-12,14,24H,4,13H2,1-3H3,(H,25,26). The molecule has 0 saturated carbocycles. The summed E-state index contributed by atoms with van der Waals surface area (Å²) in [5.74, 6) is -0.665. The Bertz CT molecular complexity index is 1010. The minimum Gasteiger partial charge on any atom is -0.462 e. The fourth-order valence-electron chi connectivity index (χ4n) is 3.04. The van der Waals surface area contributed by atoms with Crippen LogP contribution in [-0.2, 0) is 9.53 Å². The Morgan fingerprint density at radius 3 is 2.52 bits per heavy atom. The maximum absolute atomic E-state index is 12.6. The van der Waals surface area contributed by atoms with Gasteiger partial charge in [-0.3, -0.25) is 4.79 Å². The molecule has 3 rings (SSSR count). The Morgan fingerprint density at radius 1 is 1.07 bits per heavy atom. The van der Waals surface area contributed by atoms with E-state index in [0.717, 1.165) is 22.4 Å². The lowest BCUT2D eigenvalue weighted by Crippen LogP contribution is -2.22. The van der Waals surface area contributed by atoms with Crippen molar-refractivity contribution in [3.63, 3.8) is 0 Å². The molecule has 5 nitrogen and oxygen atoms in total. The molecule has 0 unspecified atom stereocenters. The summed E-state index contributed by atoms with van der Waals surface area (Å²) < 4.78 is 5.23. The van der Waals surface area contributed by atoms with Crippen molar-refractivity contribution in [2.24, 2.45) is 0 Å². The minimum absolute atomic E-state index is 0.102. The van der Waals surface area contributed by atoms with Gasteiger partial charge in [0.05, 0.1) is 13.2 Å². The molecule has 1 amide bonds. The molecular formula is C23H24N2O3S. The average Bonchev–Trinajstić information content (AvgIpc) is 3.11. The van der Waals surface area contributed by atoms with Gasteiger partial charge in [-0.2, -0.15) is 0 Å². The van der Waals surface area contributed by atoms with E-state index in [0.29, 0.717) is 10.6 Å². The molecule has 2 N–H and O–H groups in total. The van der Waals surface area contributed by atoms with E-state index in [4.69, 9.17) is 4.74 Å². The normalized spacial score (nSPS) is 10.4. The molecule has 0 aliphatic rings. The number of hydrogen-bond donors (Lipinski definition) is 2. The quantitative estimate of drug-likeness (QED) is 0.523. The molecule has 3 aromatic rings. The van der Waals surface area contributed by atoms with Crippen LogP contribution in [0.4, 0.5) is 10.7 Å². The smallest absolute Gasteiger partial charge is 0.341 e. The highest BCUT2D eigenvalue weighted by Crippen LogP contribution is 2.36. The number of anilines is 2. The lowest BCUT2D eigenvalue weighted by molar-refractivity contribution is -0.114. The highest BCUT2D eigenvalue weighted by molar-refractivity contribution is 7.15. The van der Waals surface area contributed by atoms with Crippen molar-refractivity contribution < 1.29 is 14.3 Å². The number of amides is 1. The van der Waals surface area contributed by atoms with Crippen molar-refractivity contribution in [3.8, 4) is 11.1 Å². The number of benzene rings is 2. The molecular weight excluding hydrogens is 384 g/mol. The first-order valence-corrected chi connectivity index (χ1v) is 10.3. The largest absolute Gasteiger partial charge is 0.462 e. The lowest BCUT2D eigenvalue weighted by Gasteiger charge is -2.11. The Balaban J connectivity index is 1.78. The summed E-state index contributed by atoms with van der Waals surface area (Å²) in [6.07, 6.45) is 0. The van der Waals surface area contributed by atoms with E-state index in [-0.39, 0.29) is 19.1 Å². The second-order valence-electron chi connectivity index (χ2n) is 6.66. The van der Waals surface area contributed by atoms with Crippen molar-refractivity contribution in [2.45, 2.75) is 20.8 Å². The van der Waals surface area contributed by atoms with Gasteiger partial charge in [-0.05, 0) is 38.0 Å². The first-order chi connectivity index (χ1) is 14.0. The lowest BCUT2D eigenvalue weighted by atomic mass is 10.0. The van der Waals surface area contributed by atoms with Crippen LogP contribution in [0.5, 0.6) is 0 Å². The molecule has 0 aliphatic carbocycles. The van der Waals surface area contributed by atoms with Crippen molar-refractivity contribution in [1.82, 2.24) is 0 Å². The minimum atomic E-state index is -0.440. The molecule has 0 radical (unpaired) electrons. The number of esters is 1. The number of rotatable bonds is 7. The van der Waals surface area contributed by atoms with Gasteiger partial charge in [0, 0.05) is 16.6 Å². The summed E-state index contributed by atoms with van der Waals surface area (Å²) in [6.45, 7) is 6.16. The highest BCUT2D eigenvalue weighted by atomic mass is 32.1. The third kappa shape index (κ3) is 5.03. The topological polar surface area (TPSA) is 67.4 Å². The monoisotopic (exact) mass is 408 g/mol. The molecule has 150 valence electrons. The second-order valence-corrected chi connectivity index (χ2v) is 7.54. The number of carbonyl (C=O) groups is 2. The van der Waals surface area contributed by atoms with Crippen LogP contribution >= 0.6 is 11.3 Å². The fraction of sp³-hybridized carbons (Fsp3) is 0.217. The van der Waals surface area contributed by atoms with E-state index >= 15 is 0 Å². The molecule has 0 fully saturated rings. The third-order valence-corrected chi connectivity index (χ3v) is 5.33. The van der Waals surface area contributed by atoms with E-state index < -0.39 is 5.97 Å². The van der Waals surface area contributed by atoms with Gasteiger partial charge in [-0.25, -0.2) is 4.79 Å². The van der Waals surface area contributed by atoms with Crippen LogP contribution in [0.25, 0.3) is 11.1 Å². The Kier molecular flexibility index (Phi) is 6.67. The van der Waals surface area contributed by atoms with Crippen LogP contribution in [0.1, 0.15) is 28.4 Å². The van der Waals surface area contributed by atoms with Crippen LogP contribution in [0, 0.1) is 13.8 Å². The first-order valence-electron chi connectivity index (χ1n) is 9.44. The number of ether oxygens (including phenoxy) is 1. The second kappa shape index (κ2) is 9.39. The zero-order valence-electron chi connectivity index (χ0n) is 16.7. The zero-order valence-corrected chi connectivity index (χ0v) is 17.6. The fourth-order valence-corrected chi connectivity index (χ4v) is 4.02. The molecule has 0 saturated heterocycles. The van der Waals surface area contributed by atoms with Crippen molar-refractivity contribution >= 4 is 33.9 Å². The molecule has 0 bridgehead atoms. The van der Waals surface area contributed by atoms with Gasteiger partial charge in [0.1, 0.15) is 10.6 Å². The molecule has 6 heteroatoms. The Labute approximate surface area is 174 Å². The number of thiophene rings is 1. The van der Waals surface area contributed by atoms with Crippen LogP contribution < -0.4 is 10.6 Å². The number of carbonyl (C=O) groups excluding carboxylic acids is 2. The number of hydrogen-bond acceptors (Lipinski definition) is 5. The molecule has 29 heavy (non-hydrogen) atoms. The summed E-state index contributed by atoms with van der Waals surface area (Å²) in [5.41, 5.74) is 5.21. The molecule has 0 aliphatic heterocycles. The average molecular weight is 409 g/mol. The summed E-state index contributed by atoms with van der Waals surface area (Å²) in [7, 11) is 0. The highest BCUT2D eigenvalue weighted by Gasteiger charge is 2.22. The van der Waals surface area contributed by atoms with Crippen LogP contribution in [0.15, 0.2) is 53.9 Å². The Morgan fingerprint density at radius 2 is 1.83 bits per heavy atom. The first kappa shape index (κ1) is 20.6. The summed E-state index contributed by atoms with van der Waals surface area (Å²) in [4.78, 5) is 25.1. The summed E-state index contributed by atoms with van der Waals surface area (Å²) in [5, 5.41) is 8.37. The maximum atomic E-state index is 12.6. The van der Waals surface area contributed by atoms with E-state index in [1.165, 1.54) is 16.9 Å². The molecule has 1 heterocycles. The van der Waals surface area contributed by atoms with Gasteiger partial charge in [0.15, 0.2) is 0 Å². The molecule has 0 atom stereocenters. The maximum Gasteiger partial charge on any atom is 0.341 e. The zero-order chi connectivity index (χ0) is 20.8. The molecule has 2 aromatic carbocycles. The van der Waals surface area contributed by atoms with Crippen LogP contribution in [0.2, 0.25) is 0 Å². The van der Waals surface area contributed by atoms with Crippen molar-refractivity contribution in [2.75, 3.05) is 23.8 Å². The predicted molar refractivity (Wildman–Crippen MR) is 119 cm³/mol. The molecule has 0 spiro atoms. The van der Waals surface area contributed by atoms with Gasteiger partial charge >= 0.3 is 5.97 Å². The van der Waals surface area contributed by atoms with Crippen molar-refractivity contribution in [3.05, 3.63) is 70.6 Å². The Hall–Kier alpha value is -3.12. The van der Waals surface area contributed by atoms with Gasteiger partial charge in [0.2, 0.25) is 5.91 Å². The third-order valence-electron chi connectivity index (χ3n) is 4.43. The van der Waals surface area contributed by atoms with Crippen LogP contribution in [0.3, 0.4) is 0 Å². The SMILES string of the molecule is CCOC(=O)c1c(-c2ccccc2)csc1NC(=O)CNc1ccc(C)cc1C. The van der Waals surface area contributed by atoms with Gasteiger partial charge < -0.3 is 15.4 Å². The summed E-state index contributed by atoms with van der Waals surface area (Å²) in [6, 6.07) is 15.6. The molecule has 1 aromatic heterocycles. The van der Waals surface area contributed by atoms with Gasteiger partial charge in [-0.15, -0.1) is 11.3 Å². The number of aryl methyl sites for hydroxylation is 2. The van der Waals surface area contributed by atoms with Gasteiger partial charge in [0.25, 0.3) is 0 Å². The van der Waals surface area contributed by atoms with E-state index in [1.54, 1.807) is 6.92 Å². The van der Waals surface area contributed by atoms with Gasteiger partial charge in [-0.1, -0.05) is 48.0 Å². The van der Waals surface area contributed by atoms with Crippen LogP contribution in [-0.4, -0.2) is 25.0 Å².